The maximum atomic E-state index is 13.3. The summed E-state index contributed by atoms with van der Waals surface area (Å²) < 4.78 is 32.9. The van der Waals surface area contributed by atoms with E-state index in [0.717, 1.165) is 21.4 Å². The minimum atomic E-state index is -3.95. The quantitative estimate of drug-likeness (QED) is 0.298. The second-order valence-corrected chi connectivity index (χ2v) is 10.5. The molecular formula is C24H25ClN2O4S2. The van der Waals surface area contributed by atoms with Crippen LogP contribution >= 0.6 is 23.4 Å². The predicted octanol–water partition coefficient (Wildman–Crippen LogP) is 4.84. The number of carbonyl (C=O) groups excluding carboxylic acids is 1. The van der Waals surface area contributed by atoms with Crippen LogP contribution in [-0.4, -0.2) is 40.3 Å². The molecule has 0 bridgehead atoms. The van der Waals surface area contributed by atoms with Crippen LogP contribution in [0, 0.1) is 0 Å². The second-order valence-electron chi connectivity index (χ2n) is 7.03. The molecule has 1 N–H and O–H groups in total. The summed E-state index contributed by atoms with van der Waals surface area (Å²) >= 11 is 7.56. The van der Waals surface area contributed by atoms with Crippen LogP contribution in [-0.2, 0) is 14.8 Å². The second kappa shape index (κ2) is 12.0. The van der Waals surface area contributed by atoms with E-state index in [-0.39, 0.29) is 17.3 Å². The predicted molar refractivity (Wildman–Crippen MR) is 134 cm³/mol. The number of hydrogen-bond acceptors (Lipinski definition) is 5. The summed E-state index contributed by atoms with van der Waals surface area (Å²) in [5, 5.41) is 3.51. The number of ether oxygens (including phenoxy) is 1. The number of hydrogen-bond donors (Lipinski definition) is 1. The highest BCUT2D eigenvalue weighted by Crippen LogP contribution is 2.25. The number of benzene rings is 3. The maximum absolute atomic E-state index is 13.3. The minimum Gasteiger partial charge on any atom is -0.497 e. The molecule has 6 nitrogen and oxygen atoms in total. The Morgan fingerprint density at radius 3 is 2.30 bits per heavy atom. The lowest BCUT2D eigenvalue weighted by Crippen LogP contribution is -2.41. The van der Waals surface area contributed by atoms with E-state index >= 15 is 0 Å². The monoisotopic (exact) mass is 504 g/mol. The van der Waals surface area contributed by atoms with Crippen molar-refractivity contribution in [3.63, 3.8) is 0 Å². The molecule has 174 valence electrons. The van der Waals surface area contributed by atoms with Crippen molar-refractivity contribution < 1.29 is 17.9 Å². The van der Waals surface area contributed by atoms with Gasteiger partial charge < -0.3 is 10.1 Å². The van der Waals surface area contributed by atoms with Gasteiger partial charge in [0.2, 0.25) is 5.91 Å². The third kappa shape index (κ3) is 7.15. The molecule has 0 radical (unpaired) electrons. The van der Waals surface area contributed by atoms with Gasteiger partial charge in [0.05, 0.1) is 17.7 Å². The zero-order valence-electron chi connectivity index (χ0n) is 18.1. The molecule has 0 spiro atoms. The van der Waals surface area contributed by atoms with E-state index in [1.165, 1.54) is 19.2 Å². The molecule has 0 heterocycles. The Labute approximate surface area is 204 Å². The van der Waals surface area contributed by atoms with Gasteiger partial charge in [-0.1, -0.05) is 29.8 Å². The summed E-state index contributed by atoms with van der Waals surface area (Å²) in [6, 6.07) is 22.3. The first-order chi connectivity index (χ1) is 15.9. The number of sulfonamides is 1. The van der Waals surface area contributed by atoms with Crippen molar-refractivity contribution in [1.82, 2.24) is 5.32 Å². The van der Waals surface area contributed by atoms with Crippen LogP contribution in [0.3, 0.4) is 0 Å². The van der Waals surface area contributed by atoms with Crippen molar-refractivity contribution in [2.45, 2.75) is 16.2 Å². The Hall–Kier alpha value is -2.68. The average Bonchev–Trinajstić information content (AvgIpc) is 2.84. The molecule has 0 aromatic heterocycles. The lowest BCUT2D eigenvalue weighted by atomic mass is 10.3. The van der Waals surface area contributed by atoms with E-state index in [4.69, 9.17) is 16.3 Å². The Morgan fingerprint density at radius 1 is 1.00 bits per heavy atom. The topological polar surface area (TPSA) is 75.7 Å². The smallest absolute Gasteiger partial charge is 0.264 e. The summed E-state index contributed by atoms with van der Waals surface area (Å²) in [6.07, 6.45) is 0.746. The fourth-order valence-electron chi connectivity index (χ4n) is 2.99. The Balaban J connectivity index is 1.61. The molecule has 0 aliphatic carbocycles. The van der Waals surface area contributed by atoms with Gasteiger partial charge in [-0.25, -0.2) is 8.42 Å². The molecule has 3 aromatic rings. The number of thioether (sulfide) groups is 1. The zero-order valence-corrected chi connectivity index (χ0v) is 20.5. The zero-order chi connectivity index (χ0) is 23.7. The van der Waals surface area contributed by atoms with Crippen LogP contribution in [0.1, 0.15) is 6.42 Å². The summed E-state index contributed by atoms with van der Waals surface area (Å²) in [6.45, 7) is 0.132. The van der Waals surface area contributed by atoms with E-state index in [1.54, 1.807) is 54.2 Å². The molecule has 3 aromatic carbocycles. The van der Waals surface area contributed by atoms with Gasteiger partial charge in [-0.3, -0.25) is 9.10 Å². The number of rotatable bonds is 11. The van der Waals surface area contributed by atoms with Gasteiger partial charge in [-0.05, 0) is 72.8 Å². The molecule has 9 heteroatoms. The molecule has 1 amide bonds. The average molecular weight is 505 g/mol. The van der Waals surface area contributed by atoms with Crippen molar-refractivity contribution in [2.24, 2.45) is 0 Å². The van der Waals surface area contributed by atoms with E-state index in [1.807, 2.05) is 24.3 Å². The highest BCUT2D eigenvalue weighted by atomic mass is 35.5. The van der Waals surface area contributed by atoms with Crippen LogP contribution in [0.2, 0.25) is 5.02 Å². The van der Waals surface area contributed by atoms with Crippen LogP contribution in [0.5, 0.6) is 5.75 Å². The Bertz CT molecular complexity index is 1140. The standard InChI is InChI=1S/C24H25ClN2O4S2/c1-31-21-10-14-23(15-11-21)33(29,30)27(20-6-3-2-4-7-20)18-24(28)26-16-5-17-32-22-12-8-19(25)9-13-22/h2-4,6-15H,5,16-18H2,1H3,(H,26,28). The third-order valence-corrected chi connectivity index (χ3v) is 7.84. The Kier molecular flexibility index (Phi) is 9.05. The number of methoxy groups -OCH3 is 1. The van der Waals surface area contributed by atoms with Crippen LogP contribution < -0.4 is 14.4 Å². The number of para-hydroxylation sites is 1. The molecule has 0 aliphatic heterocycles. The fraction of sp³-hybridized carbons (Fsp3) is 0.208. The van der Waals surface area contributed by atoms with E-state index in [9.17, 15) is 13.2 Å². The Morgan fingerprint density at radius 2 is 1.67 bits per heavy atom. The summed E-state index contributed by atoms with van der Waals surface area (Å²) in [5.41, 5.74) is 0.418. The van der Waals surface area contributed by atoms with Gasteiger partial charge in [0.15, 0.2) is 0 Å². The van der Waals surface area contributed by atoms with Crippen LogP contribution in [0.15, 0.2) is 88.7 Å². The first-order valence-electron chi connectivity index (χ1n) is 10.3. The first-order valence-corrected chi connectivity index (χ1v) is 13.1. The van der Waals surface area contributed by atoms with Gasteiger partial charge in [0.25, 0.3) is 10.0 Å². The highest BCUT2D eigenvalue weighted by Gasteiger charge is 2.27. The van der Waals surface area contributed by atoms with Crippen LogP contribution in [0.25, 0.3) is 0 Å². The number of amides is 1. The molecule has 0 saturated carbocycles. The van der Waals surface area contributed by atoms with Crippen LogP contribution in [0.4, 0.5) is 5.69 Å². The van der Waals surface area contributed by atoms with E-state index < -0.39 is 10.0 Å². The van der Waals surface area contributed by atoms with Crippen molar-refractivity contribution in [1.29, 1.82) is 0 Å². The third-order valence-electron chi connectivity index (χ3n) is 4.70. The van der Waals surface area contributed by atoms with E-state index in [0.29, 0.717) is 23.0 Å². The van der Waals surface area contributed by atoms with Crippen molar-refractivity contribution >= 4 is 45.0 Å². The molecule has 0 aliphatic rings. The summed E-state index contributed by atoms with van der Waals surface area (Å²) in [5.74, 6) is 0.996. The number of halogens is 1. The molecule has 0 unspecified atom stereocenters. The largest absolute Gasteiger partial charge is 0.497 e. The molecule has 0 fully saturated rings. The SMILES string of the molecule is COc1ccc(S(=O)(=O)N(CC(=O)NCCCSc2ccc(Cl)cc2)c2ccccc2)cc1. The molecule has 3 rings (SSSR count). The summed E-state index contributed by atoms with van der Waals surface area (Å²) in [7, 11) is -2.43. The van der Waals surface area contributed by atoms with E-state index in [2.05, 4.69) is 5.32 Å². The number of carbonyl (C=O) groups is 1. The van der Waals surface area contributed by atoms with Gasteiger partial charge >= 0.3 is 0 Å². The van der Waals surface area contributed by atoms with Gasteiger partial charge in [-0.15, -0.1) is 11.8 Å². The fourth-order valence-corrected chi connectivity index (χ4v) is 5.39. The molecule has 33 heavy (non-hydrogen) atoms. The number of anilines is 1. The maximum Gasteiger partial charge on any atom is 0.264 e. The van der Waals surface area contributed by atoms with Crippen molar-refractivity contribution in [2.75, 3.05) is 30.3 Å². The number of nitrogens with zero attached hydrogens (tertiary/aromatic N) is 1. The van der Waals surface area contributed by atoms with Crippen molar-refractivity contribution in [3.8, 4) is 5.75 Å². The summed E-state index contributed by atoms with van der Waals surface area (Å²) in [4.78, 5) is 13.8. The molecular weight excluding hydrogens is 480 g/mol. The lowest BCUT2D eigenvalue weighted by molar-refractivity contribution is -0.119. The van der Waals surface area contributed by atoms with Gasteiger partial charge in [0.1, 0.15) is 12.3 Å². The molecule has 0 saturated heterocycles. The normalized spacial score (nSPS) is 11.1. The lowest BCUT2D eigenvalue weighted by Gasteiger charge is -2.24. The minimum absolute atomic E-state index is 0.0827. The first kappa shape index (κ1) is 25.0. The number of nitrogens with one attached hydrogen (secondary N) is 1. The van der Waals surface area contributed by atoms with Gasteiger partial charge in [0, 0.05) is 16.5 Å². The highest BCUT2D eigenvalue weighted by molar-refractivity contribution is 7.99. The van der Waals surface area contributed by atoms with Crippen molar-refractivity contribution in [3.05, 3.63) is 83.9 Å². The van der Waals surface area contributed by atoms with Gasteiger partial charge in [-0.2, -0.15) is 0 Å². The molecule has 0 atom stereocenters.